The number of benzene rings is 2. The molecule has 8 heteroatoms. The van der Waals surface area contributed by atoms with Crippen LogP contribution in [0.4, 0.5) is 9.52 Å². The number of aromatic nitrogens is 1. The van der Waals surface area contributed by atoms with Gasteiger partial charge in [-0.15, -0.1) is 11.3 Å². The van der Waals surface area contributed by atoms with Gasteiger partial charge in [0.2, 0.25) is 0 Å². The molecular weight excluding hydrogens is 467 g/mol. The highest BCUT2D eigenvalue weighted by Gasteiger charge is 2.34. The Kier molecular flexibility index (Phi) is 6.36. The fourth-order valence-corrected chi connectivity index (χ4v) is 7.83. The Morgan fingerprint density at radius 3 is 2.25 bits per heavy atom. The predicted octanol–water partition coefficient (Wildman–Crippen LogP) is 6.28. The van der Waals surface area contributed by atoms with Gasteiger partial charge < -0.3 is 4.90 Å². The van der Waals surface area contributed by atoms with E-state index in [2.05, 4.69) is 16.0 Å². The van der Waals surface area contributed by atoms with Crippen molar-refractivity contribution in [2.75, 3.05) is 18.0 Å². The Morgan fingerprint density at radius 1 is 1.03 bits per heavy atom. The van der Waals surface area contributed by atoms with Crippen LogP contribution in [0.1, 0.15) is 35.1 Å². The van der Waals surface area contributed by atoms with Gasteiger partial charge >= 0.3 is 0 Å². The molecule has 32 heavy (non-hydrogen) atoms. The van der Waals surface area contributed by atoms with Gasteiger partial charge in [0.25, 0.3) is 0 Å². The minimum Gasteiger partial charge on any atom is -0.348 e. The largest absolute Gasteiger partial charge is 0.348 e. The van der Waals surface area contributed by atoms with E-state index in [9.17, 15) is 12.8 Å². The zero-order valence-corrected chi connectivity index (χ0v) is 21.0. The van der Waals surface area contributed by atoms with Crippen LogP contribution in [-0.2, 0) is 9.84 Å². The van der Waals surface area contributed by atoms with Crippen molar-refractivity contribution in [2.24, 2.45) is 0 Å². The van der Waals surface area contributed by atoms with E-state index in [4.69, 9.17) is 11.6 Å². The van der Waals surface area contributed by atoms with Crippen molar-refractivity contribution in [1.29, 1.82) is 0 Å². The summed E-state index contributed by atoms with van der Waals surface area (Å²) in [5.41, 5.74) is 5.04. The first kappa shape index (κ1) is 23.2. The lowest BCUT2D eigenvalue weighted by molar-refractivity contribution is 0.528. The van der Waals surface area contributed by atoms with Gasteiger partial charge in [-0.05, 0) is 81.0 Å². The molecule has 1 aliphatic rings. The molecule has 0 unspecified atom stereocenters. The molecule has 1 aliphatic heterocycles. The third-order valence-electron chi connectivity index (χ3n) is 6.38. The topological polar surface area (TPSA) is 50.3 Å². The standard InChI is InChI=1S/C24H26ClFN2O2S2/c1-14-9-15(2)17(4)23(16(14)3)32(29,30)21-5-7-28(8-6-21)24-27-22(13-31-24)18-10-19(25)12-20(26)11-18/h9-13,21H,5-8H2,1-4H3. The Labute approximate surface area is 198 Å². The van der Waals surface area contributed by atoms with Gasteiger partial charge in [-0.1, -0.05) is 17.7 Å². The van der Waals surface area contributed by atoms with Gasteiger partial charge in [-0.2, -0.15) is 0 Å². The second-order valence-corrected chi connectivity index (χ2v) is 11.9. The van der Waals surface area contributed by atoms with Gasteiger partial charge in [0.05, 0.1) is 15.8 Å². The molecule has 1 aromatic heterocycles. The molecule has 1 saturated heterocycles. The molecule has 0 N–H and O–H groups in total. The fraction of sp³-hybridized carbons (Fsp3) is 0.375. The lowest BCUT2D eigenvalue weighted by atomic mass is 10.0. The number of aryl methyl sites for hydroxylation is 2. The monoisotopic (exact) mass is 492 g/mol. The van der Waals surface area contributed by atoms with Crippen molar-refractivity contribution in [3.8, 4) is 11.3 Å². The maximum absolute atomic E-state index is 13.7. The lowest BCUT2D eigenvalue weighted by Gasteiger charge is -2.32. The SMILES string of the molecule is Cc1cc(C)c(C)c(S(=O)(=O)C2CCN(c3nc(-c4cc(F)cc(Cl)c4)cs3)CC2)c1C. The van der Waals surface area contributed by atoms with Crippen LogP contribution in [0.15, 0.2) is 34.5 Å². The molecule has 0 bridgehead atoms. The molecule has 3 aromatic rings. The summed E-state index contributed by atoms with van der Waals surface area (Å²) in [6, 6.07) is 6.43. The van der Waals surface area contributed by atoms with Gasteiger partial charge in [-0.3, -0.25) is 0 Å². The maximum atomic E-state index is 13.7. The van der Waals surface area contributed by atoms with Gasteiger partial charge in [0.1, 0.15) is 5.82 Å². The second kappa shape index (κ2) is 8.76. The fourth-order valence-electron chi connectivity index (χ4n) is 4.38. The summed E-state index contributed by atoms with van der Waals surface area (Å²) in [6.07, 6.45) is 1.10. The highest BCUT2D eigenvalue weighted by molar-refractivity contribution is 7.92. The Hall–Kier alpha value is -1.96. The van der Waals surface area contributed by atoms with Crippen LogP contribution in [-0.4, -0.2) is 31.7 Å². The van der Waals surface area contributed by atoms with Crippen LogP contribution >= 0.6 is 22.9 Å². The molecule has 2 aromatic carbocycles. The average molecular weight is 493 g/mol. The summed E-state index contributed by atoms with van der Waals surface area (Å²) in [5, 5.41) is 2.62. The molecule has 4 rings (SSSR count). The molecule has 0 spiro atoms. The molecule has 1 fully saturated rings. The summed E-state index contributed by atoms with van der Waals surface area (Å²) < 4.78 is 40.8. The van der Waals surface area contributed by atoms with Crippen LogP contribution in [0, 0.1) is 33.5 Å². The van der Waals surface area contributed by atoms with Crippen molar-refractivity contribution >= 4 is 37.9 Å². The van der Waals surface area contributed by atoms with E-state index < -0.39 is 20.9 Å². The number of hydrogen-bond acceptors (Lipinski definition) is 5. The second-order valence-electron chi connectivity index (χ2n) is 8.49. The van der Waals surface area contributed by atoms with Gasteiger partial charge in [-0.25, -0.2) is 17.8 Å². The summed E-state index contributed by atoms with van der Waals surface area (Å²) in [5.74, 6) is -0.398. The van der Waals surface area contributed by atoms with Crippen LogP contribution in [0.3, 0.4) is 0 Å². The van der Waals surface area contributed by atoms with E-state index in [1.165, 1.54) is 23.5 Å². The number of sulfone groups is 1. The van der Waals surface area contributed by atoms with E-state index in [-0.39, 0.29) is 0 Å². The summed E-state index contributed by atoms with van der Waals surface area (Å²) in [6.45, 7) is 8.97. The third kappa shape index (κ3) is 4.30. The van der Waals surface area contributed by atoms with Crippen LogP contribution in [0.2, 0.25) is 5.02 Å². The predicted molar refractivity (Wildman–Crippen MR) is 130 cm³/mol. The molecule has 170 valence electrons. The minimum atomic E-state index is -3.42. The minimum absolute atomic E-state index is 0.331. The van der Waals surface area contributed by atoms with Crippen LogP contribution in [0.5, 0.6) is 0 Å². The molecule has 0 atom stereocenters. The van der Waals surface area contributed by atoms with E-state index >= 15 is 0 Å². The first-order chi connectivity index (χ1) is 15.1. The normalized spacial score (nSPS) is 15.4. The Balaban J connectivity index is 1.52. The molecule has 4 nitrogen and oxygen atoms in total. The molecular formula is C24H26ClFN2O2S2. The lowest BCUT2D eigenvalue weighted by Crippen LogP contribution is -2.39. The van der Waals surface area contributed by atoms with E-state index in [0.29, 0.717) is 47.1 Å². The molecule has 0 radical (unpaired) electrons. The van der Waals surface area contributed by atoms with Gasteiger partial charge in [0, 0.05) is 29.1 Å². The molecule has 2 heterocycles. The number of anilines is 1. The molecule has 0 amide bonds. The number of hydrogen-bond donors (Lipinski definition) is 0. The number of piperidine rings is 1. The third-order valence-corrected chi connectivity index (χ3v) is 10.0. The van der Waals surface area contributed by atoms with Crippen molar-refractivity contribution < 1.29 is 12.8 Å². The zero-order chi connectivity index (χ0) is 23.2. The van der Waals surface area contributed by atoms with Crippen molar-refractivity contribution in [2.45, 2.75) is 50.7 Å². The van der Waals surface area contributed by atoms with Crippen molar-refractivity contribution in [3.63, 3.8) is 0 Å². The van der Waals surface area contributed by atoms with Gasteiger partial charge in [0.15, 0.2) is 15.0 Å². The number of rotatable bonds is 4. The number of nitrogens with zero attached hydrogens (tertiary/aromatic N) is 2. The quantitative estimate of drug-likeness (QED) is 0.430. The highest BCUT2D eigenvalue weighted by atomic mass is 35.5. The van der Waals surface area contributed by atoms with Crippen LogP contribution < -0.4 is 4.90 Å². The first-order valence-corrected chi connectivity index (χ1v) is 13.4. The Morgan fingerprint density at radius 2 is 1.66 bits per heavy atom. The van der Waals surface area contributed by atoms with Crippen molar-refractivity contribution in [1.82, 2.24) is 4.98 Å². The zero-order valence-electron chi connectivity index (χ0n) is 18.6. The summed E-state index contributed by atoms with van der Waals surface area (Å²) >= 11 is 7.45. The number of halogens is 2. The van der Waals surface area contributed by atoms with E-state index in [1.807, 2.05) is 33.1 Å². The smallest absolute Gasteiger partial charge is 0.185 e. The maximum Gasteiger partial charge on any atom is 0.185 e. The van der Waals surface area contributed by atoms with E-state index in [1.54, 1.807) is 6.07 Å². The van der Waals surface area contributed by atoms with Crippen LogP contribution in [0.25, 0.3) is 11.3 Å². The highest BCUT2D eigenvalue weighted by Crippen LogP contribution is 2.35. The Bertz CT molecular complexity index is 1230. The molecule has 0 saturated carbocycles. The molecule has 0 aliphatic carbocycles. The number of thiazole rings is 1. The van der Waals surface area contributed by atoms with Crippen molar-refractivity contribution in [3.05, 3.63) is 62.7 Å². The summed E-state index contributed by atoms with van der Waals surface area (Å²) in [7, 11) is -3.42. The van der Waals surface area contributed by atoms with E-state index in [0.717, 1.165) is 27.4 Å². The average Bonchev–Trinajstić information content (AvgIpc) is 3.22. The first-order valence-electron chi connectivity index (χ1n) is 10.6. The summed E-state index contributed by atoms with van der Waals surface area (Å²) in [4.78, 5) is 7.27.